The molecule has 2 aromatic carbocycles. The number of hydrogen-bond donors (Lipinski definition) is 2. The van der Waals surface area contributed by atoms with Crippen molar-refractivity contribution >= 4 is 28.9 Å². The van der Waals surface area contributed by atoms with Crippen molar-refractivity contribution in [2.24, 2.45) is 0 Å². The summed E-state index contributed by atoms with van der Waals surface area (Å²) in [6.45, 7) is 6.41. The van der Waals surface area contributed by atoms with Crippen molar-refractivity contribution in [3.05, 3.63) is 54.1 Å². The molecule has 0 aliphatic heterocycles. The van der Waals surface area contributed by atoms with E-state index in [1.165, 1.54) is 0 Å². The van der Waals surface area contributed by atoms with Crippen LogP contribution in [0.15, 0.2) is 48.5 Å². The molecule has 25 heavy (non-hydrogen) atoms. The molecule has 0 spiro atoms. The van der Waals surface area contributed by atoms with E-state index < -0.39 is 0 Å². The number of carbonyl (C=O) groups is 1. The Labute approximate surface area is 153 Å². The maximum Gasteiger partial charge on any atom is 0.257 e. The molecule has 5 nitrogen and oxygen atoms in total. The molecule has 1 amide bonds. The third-order valence-electron chi connectivity index (χ3n) is 3.12. The van der Waals surface area contributed by atoms with Gasteiger partial charge in [-0.1, -0.05) is 6.07 Å². The molecular weight excluding hydrogens is 336 g/mol. The first kappa shape index (κ1) is 18.7. The monoisotopic (exact) mass is 358 g/mol. The van der Waals surface area contributed by atoms with E-state index in [2.05, 4.69) is 10.6 Å². The van der Waals surface area contributed by atoms with E-state index in [1.54, 1.807) is 24.3 Å². The molecule has 0 bridgehead atoms. The van der Waals surface area contributed by atoms with Crippen LogP contribution in [0.2, 0.25) is 0 Å². The molecule has 2 aromatic rings. The summed E-state index contributed by atoms with van der Waals surface area (Å²) in [5.41, 5.74) is 1.25. The van der Waals surface area contributed by atoms with E-state index in [0.717, 1.165) is 17.2 Å². The van der Waals surface area contributed by atoms with Gasteiger partial charge in [0.1, 0.15) is 11.5 Å². The average Bonchev–Trinajstić information content (AvgIpc) is 2.55. The number of benzene rings is 2. The van der Waals surface area contributed by atoms with Crippen LogP contribution in [0.5, 0.6) is 11.5 Å². The first-order chi connectivity index (χ1) is 12.0. The maximum absolute atomic E-state index is 12.2. The number of hydrogen-bond acceptors (Lipinski definition) is 4. The van der Waals surface area contributed by atoms with Crippen LogP contribution in [0.25, 0.3) is 0 Å². The molecule has 0 unspecified atom stereocenters. The van der Waals surface area contributed by atoms with Gasteiger partial charge in [0.25, 0.3) is 5.91 Å². The second-order valence-corrected chi connectivity index (χ2v) is 5.97. The van der Waals surface area contributed by atoms with Gasteiger partial charge in [-0.2, -0.15) is 0 Å². The minimum atomic E-state index is -0.282. The Bertz CT molecular complexity index is 730. The van der Waals surface area contributed by atoms with Gasteiger partial charge in [-0.05, 0) is 69.4 Å². The van der Waals surface area contributed by atoms with E-state index in [-0.39, 0.29) is 17.1 Å². The van der Waals surface area contributed by atoms with Gasteiger partial charge in [-0.25, -0.2) is 0 Å². The zero-order chi connectivity index (χ0) is 18.2. The highest BCUT2D eigenvalue weighted by atomic mass is 32.1. The lowest BCUT2D eigenvalue weighted by Crippen LogP contribution is -2.34. The molecular formula is C19H22N2O3S. The van der Waals surface area contributed by atoms with Crippen LogP contribution in [-0.2, 0) is 0 Å². The van der Waals surface area contributed by atoms with E-state index >= 15 is 0 Å². The summed E-state index contributed by atoms with van der Waals surface area (Å²) in [5.74, 6) is 1.18. The first-order valence-electron chi connectivity index (χ1n) is 8.10. The molecule has 0 saturated carbocycles. The number of anilines is 1. The van der Waals surface area contributed by atoms with Crippen molar-refractivity contribution < 1.29 is 14.3 Å². The van der Waals surface area contributed by atoms with E-state index in [1.807, 2.05) is 45.0 Å². The van der Waals surface area contributed by atoms with Crippen LogP contribution in [0.1, 0.15) is 31.1 Å². The van der Waals surface area contributed by atoms with Gasteiger partial charge in [0.05, 0.1) is 12.7 Å². The lowest BCUT2D eigenvalue weighted by Gasteiger charge is -2.13. The Morgan fingerprint density at radius 3 is 2.48 bits per heavy atom. The minimum absolute atomic E-state index is 0.0848. The third kappa shape index (κ3) is 6.08. The predicted octanol–water partition coefficient (Wildman–Crippen LogP) is 4.00. The van der Waals surface area contributed by atoms with Crippen LogP contribution in [0.4, 0.5) is 5.69 Å². The molecule has 0 radical (unpaired) electrons. The number of rotatable bonds is 6. The Morgan fingerprint density at radius 2 is 1.84 bits per heavy atom. The normalized spacial score (nSPS) is 10.2. The van der Waals surface area contributed by atoms with E-state index in [9.17, 15) is 4.79 Å². The SMILES string of the molecule is CCOc1ccc(C(=O)NC(=S)Nc2cccc(OC(C)C)c2)cc1. The van der Waals surface area contributed by atoms with Crippen LogP contribution in [0.3, 0.4) is 0 Å². The second-order valence-electron chi connectivity index (χ2n) is 5.56. The molecule has 0 aliphatic rings. The average molecular weight is 358 g/mol. The van der Waals surface area contributed by atoms with Gasteiger partial charge in [0, 0.05) is 17.3 Å². The Hall–Kier alpha value is -2.60. The summed E-state index contributed by atoms with van der Waals surface area (Å²) in [6.07, 6.45) is 0.0848. The van der Waals surface area contributed by atoms with Crippen LogP contribution >= 0.6 is 12.2 Å². The smallest absolute Gasteiger partial charge is 0.257 e. The fourth-order valence-corrected chi connectivity index (χ4v) is 2.34. The Morgan fingerprint density at radius 1 is 1.12 bits per heavy atom. The molecule has 6 heteroatoms. The number of ether oxygens (including phenoxy) is 2. The van der Waals surface area contributed by atoms with Crippen molar-refractivity contribution in [2.45, 2.75) is 26.9 Å². The molecule has 132 valence electrons. The van der Waals surface area contributed by atoms with Crippen molar-refractivity contribution in [2.75, 3.05) is 11.9 Å². The van der Waals surface area contributed by atoms with Crippen molar-refractivity contribution in [1.29, 1.82) is 0 Å². The molecule has 0 fully saturated rings. The van der Waals surface area contributed by atoms with Crippen molar-refractivity contribution in [3.8, 4) is 11.5 Å². The molecule has 0 aromatic heterocycles. The summed E-state index contributed by atoms with van der Waals surface area (Å²) >= 11 is 5.20. The number of amides is 1. The number of nitrogens with one attached hydrogen (secondary N) is 2. The van der Waals surface area contributed by atoms with Gasteiger partial charge in [0.15, 0.2) is 5.11 Å². The fourth-order valence-electron chi connectivity index (χ4n) is 2.13. The molecule has 0 heterocycles. The number of carbonyl (C=O) groups excluding carboxylic acids is 1. The Kier molecular flexibility index (Phi) is 6.77. The summed E-state index contributed by atoms with van der Waals surface area (Å²) in [4.78, 5) is 12.2. The van der Waals surface area contributed by atoms with Gasteiger partial charge < -0.3 is 14.8 Å². The number of thiocarbonyl (C=S) groups is 1. The van der Waals surface area contributed by atoms with Gasteiger partial charge in [-0.3, -0.25) is 10.1 Å². The van der Waals surface area contributed by atoms with Crippen molar-refractivity contribution in [3.63, 3.8) is 0 Å². The first-order valence-corrected chi connectivity index (χ1v) is 8.50. The fraction of sp³-hybridized carbons (Fsp3) is 0.263. The van der Waals surface area contributed by atoms with Crippen LogP contribution < -0.4 is 20.1 Å². The zero-order valence-corrected chi connectivity index (χ0v) is 15.4. The maximum atomic E-state index is 12.2. The van der Waals surface area contributed by atoms with Crippen LogP contribution in [0, 0.1) is 0 Å². The summed E-state index contributed by atoms with van der Waals surface area (Å²) in [6, 6.07) is 14.3. The van der Waals surface area contributed by atoms with Gasteiger partial charge in [0.2, 0.25) is 0 Å². The second kappa shape index (κ2) is 9.03. The van der Waals surface area contributed by atoms with Gasteiger partial charge in [-0.15, -0.1) is 0 Å². The molecule has 0 saturated heterocycles. The quantitative estimate of drug-likeness (QED) is 0.765. The lowest BCUT2D eigenvalue weighted by molar-refractivity contribution is 0.0977. The van der Waals surface area contributed by atoms with Crippen LogP contribution in [-0.4, -0.2) is 23.7 Å². The molecule has 0 atom stereocenters. The zero-order valence-electron chi connectivity index (χ0n) is 14.5. The summed E-state index contributed by atoms with van der Waals surface area (Å²) in [7, 11) is 0. The summed E-state index contributed by atoms with van der Waals surface area (Å²) < 4.78 is 11.0. The van der Waals surface area contributed by atoms with E-state index in [4.69, 9.17) is 21.7 Å². The Balaban J connectivity index is 1.94. The lowest BCUT2D eigenvalue weighted by atomic mass is 10.2. The molecule has 2 rings (SSSR count). The standard InChI is InChI=1S/C19H22N2O3S/c1-4-23-16-10-8-14(9-11-16)18(22)21-19(25)20-15-6-5-7-17(12-15)24-13(2)3/h5-13H,4H2,1-3H3,(H2,20,21,22,25). The van der Waals surface area contributed by atoms with E-state index in [0.29, 0.717) is 12.2 Å². The highest BCUT2D eigenvalue weighted by Crippen LogP contribution is 2.18. The highest BCUT2D eigenvalue weighted by Gasteiger charge is 2.09. The summed E-state index contributed by atoms with van der Waals surface area (Å²) in [5, 5.41) is 5.86. The topological polar surface area (TPSA) is 59.6 Å². The predicted molar refractivity (Wildman–Crippen MR) is 104 cm³/mol. The van der Waals surface area contributed by atoms with Crippen molar-refractivity contribution in [1.82, 2.24) is 5.32 Å². The largest absolute Gasteiger partial charge is 0.494 e. The van der Waals surface area contributed by atoms with Gasteiger partial charge >= 0.3 is 0 Å². The molecule has 0 aliphatic carbocycles. The molecule has 2 N–H and O–H groups in total. The minimum Gasteiger partial charge on any atom is -0.494 e. The third-order valence-corrected chi connectivity index (χ3v) is 3.32. The highest BCUT2D eigenvalue weighted by molar-refractivity contribution is 7.80.